The lowest BCUT2D eigenvalue weighted by molar-refractivity contribution is -0.139. The Morgan fingerprint density at radius 2 is 2.14 bits per heavy atom. The van der Waals surface area contributed by atoms with Gasteiger partial charge in [0.2, 0.25) is 12.2 Å². The molecule has 21 heavy (non-hydrogen) atoms. The summed E-state index contributed by atoms with van der Waals surface area (Å²) in [6.07, 6.45) is -3.08. The number of hydrogen-bond donors (Lipinski definition) is 1. The molecule has 1 aromatic carbocycles. The summed E-state index contributed by atoms with van der Waals surface area (Å²) in [6.45, 7) is 1.53. The molecule has 0 radical (unpaired) electrons. The Bertz CT molecular complexity index is 583. The number of benzene rings is 1. The summed E-state index contributed by atoms with van der Waals surface area (Å²) < 4.78 is 48.8. The van der Waals surface area contributed by atoms with Gasteiger partial charge < -0.3 is 15.0 Å². The molecule has 2 rings (SSSR count). The molecule has 1 heterocycles. The SMILES string of the molecule is CC(N)Cc1ccc(OCc2ncon2)c(C(F)(F)F)c1. The van der Waals surface area contributed by atoms with Crippen LogP contribution in [-0.4, -0.2) is 16.2 Å². The third kappa shape index (κ3) is 4.19. The molecule has 0 aliphatic carbocycles. The highest BCUT2D eigenvalue weighted by atomic mass is 19.4. The minimum atomic E-state index is -4.51. The van der Waals surface area contributed by atoms with Crippen molar-refractivity contribution in [3.63, 3.8) is 0 Å². The lowest BCUT2D eigenvalue weighted by Gasteiger charge is -2.15. The predicted octanol–water partition coefficient (Wildman–Crippen LogP) is 2.56. The van der Waals surface area contributed by atoms with Gasteiger partial charge in [0.25, 0.3) is 0 Å². The van der Waals surface area contributed by atoms with E-state index in [1.807, 2.05) is 0 Å². The van der Waals surface area contributed by atoms with Crippen molar-refractivity contribution in [2.75, 3.05) is 0 Å². The van der Waals surface area contributed by atoms with Crippen molar-refractivity contribution < 1.29 is 22.4 Å². The van der Waals surface area contributed by atoms with Crippen molar-refractivity contribution in [2.45, 2.75) is 32.2 Å². The van der Waals surface area contributed by atoms with Gasteiger partial charge in [-0.2, -0.15) is 18.2 Å². The summed E-state index contributed by atoms with van der Waals surface area (Å²) in [5.74, 6) is -0.108. The Morgan fingerprint density at radius 3 is 2.71 bits per heavy atom. The standard InChI is InChI=1S/C13H14F3N3O2/c1-8(17)4-9-2-3-11(10(5-9)13(14,15)16)20-6-12-18-7-21-19-12/h2-3,5,7-8H,4,6,17H2,1H3. The van der Waals surface area contributed by atoms with Gasteiger partial charge in [0.15, 0.2) is 6.61 Å². The zero-order valence-electron chi connectivity index (χ0n) is 11.2. The van der Waals surface area contributed by atoms with Crippen LogP contribution >= 0.6 is 0 Å². The van der Waals surface area contributed by atoms with Gasteiger partial charge in [-0.15, -0.1) is 0 Å². The third-order valence-corrected chi connectivity index (χ3v) is 2.67. The van der Waals surface area contributed by atoms with Gasteiger partial charge in [0, 0.05) is 6.04 Å². The fourth-order valence-electron chi connectivity index (χ4n) is 1.82. The number of nitrogens with two attached hydrogens (primary N) is 1. The van der Waals surface area contributed by atoms with Crippen LogP contribution in [0.5, 0.6) is 5.75 Å². The molecule has 0 saturated carbocycles. The highest BCUT2D eigenvalue weighted by molar-refractivity contribution is 5.39. The van der Waals surface area contributed by atoms with Crippen LogP contribution in [0.25, 0.3) is 0 Å². The Hall–Kier alpha value is -2.09. The van der Waals surface area contributed by atoms with Gasteiger partial charge in [-0.3, -0.25) is 0 Å². The predicted molar refractivity (Wildman–Crippen MR) is 67.4 cm³/mol. The lowest BCUT2D eigenvalue weighted by Crippen LogP contribution is -2.18. The summed E-state index contributed by atoms with van der Waals surface area (Å²) in [5.41, 5.74) is 5.27. The van der Waals surface area contributed by atoms with Crippen molar-refractivity contribution in [1.82, 2.24) is 10.1 Å². The molecule has 0 amide bonds. The first-order chi connectivity index (χ1) is 9.86. The largest absolute Gasteiger partial charge is 0.485 e. The van der Waals surface area contributed by atoms with E-state index in [9.17, 15) is 13.2 Å². The molecule has 114 valence electrons. The van der Waals surface area contributed by atoms with E-state index in [0.29, 0.717) is 12.0 Å². The van der Waals surface area contributed by atoms with Crippen LogP contribution in [0, 0.1) is 0 Å². The Labute approximate surface area is 118 Å². The van der Waals surface area contributed by atoms with E-state index >= 15 is 0 Å². The fourth-order valence-corrected chi connectivity index (χ4v) is 1.82. The van der Waals surface area contributed by atoms with E-state index in [2.05, 4.69) is 14.7 Å². The summed E-state index contributed by atoms with van der Waals surface area (Å²) in [7, 11) is 0. The third-order valence-electron chi connectivity index (χ3n) is 2.67. The maximum atomic E-state index is 13.1. The minimum absolute atomic E-state index is 0.169. The first-order valence-corrected chi connectivity index (χ1v) is 6.20. The number of rotatable bonds is 5. The van der Waals surface area contributed by atoms with Crippen molar-refractivity contribution in [1.29, 1.82) is 0 Å². The molecule has 0 saturated heterocycles. The second kappa shape index (κ2) is 6.13. The first kappa shape index (κ1) is 15.3. The van der Waals surface area contributed by atoms with Crippen LogP contribution in [-0.2, 0) is 19.2 Å². The van der Waals surface area contributed by atoms with E-state index in [4.69, 9.17) is 10.5 Å². The Kier molecular flexibility index (Phi) is 4.46. The lowest BCUT2D eigenvalue weighted by atomic mass is 10.0. The summed E-state index contributed by atoms with van der Waals surface area (Å²) in [5, 5.41) is 3.47. The van der Waals surface area contributed by atoms with E-state index in [1.54, 1.807) is 13.0 Å². The van der Waals surface area contributed by atoms with Crippen molar-refractivity contribution in [3.05, 3.63) is 41.5 Å². The van der Waals surface area contributed by atoms with Crippen molar-refractivity contribution in [3.8, 4) is 5.75 Å². The summed E-state index contributed by atoms with van der Waals surface area (Å²) in [4.78, 5) is 3.68. The van der Waals surface area contributed by atoms with Crippen molar-refractivity contribution in [2.24, 2.45) is 5.73 Å². The van der Waals surface area contributed by atoms with Gasteiger partial charge in [-0.05, 0) is 31.0 Å². The topological polar surface area (TPSA) is 74.2 Å². The Morgan fingerprint density at radius 1 is 1.38 bits per heavy atom. The summed E-state index contributed by atoms with van der Waals surface area (Å²) >= 11 is 0. The number of alkyl halides is 3. The maximum absolute atomic E-state index is 13.1. The molecular weight excluding hydrogens is 287 g/mol. The average Bonchev–Trinajstić information content (AvgIpc) is 2.88. The van der Waals surface area contributed by atoms with Crippen LogP contribution in [0.2, 0.25) is 0 Å². The number of ether oxygens (including phenoxy) is 1. The molecule has 8 heteroatoms. The molecule has 0 aliphatic heterocycles. The zero-order valence-corrected chi connectivity index (χ0v) is 11.2. The number of halogens is 3. The number of hydrogen-bond acceptors (Lipinski definition) is 5. The molecular formula is C13H14F3N3O2. The van der Waals surface area contributed by atoms with Crippen LogP contribution in [0.4, 0.5) is 13.2 Å². The zero-order chi connectivity index (χ0) is 15.5. The molecule has 0 spiro atoms. The van der Waals surface area contributed by atoms with Gasteiger partial charge in [0.05, 0.1) is 5.56 Å². The maximum Gasteiger partial charge on any atom is 0.419 e. The first-order valence-electron chi connectivity index (χ1n) is 6.20. The van der Waals surface area contributed by atoms with Crippen LogP contribution in [0.3, 0.4) is 0 Å². The molecule has 2 aromatic rings. The molecule has 2 N–H and O–H groups in total. The second-order valence-corrected chi connectivity index (χ2v) is 4.65. The van der Waals surface area contributed by atoms with E-state index in [1.165, 1.54) is 6.07 Å². The monoisotopic (exact) mass is 301 g/mol. The fraction of sp³-hybridized carbons (Fsp3) is 0.385. The van der Waals surface area contributed by atoms with Gasteiger partial charge in [-0.25, -0.2) is 0 Å². The highest BCUT2D eigenvalue weighted by Gasteiger charge is 2.34. The molecule has 0 bridgehead atoms. The molecule has 1 aromatic heterocycles. The smallest absolute Gasteiger partial charge is 0.419 e. The quantitative estimate of drug-likeness (QED) is 0.918. The molecule has 5 nitrogen and oxygen atoms in total. The van der Waals surface area contributed by atoms with Gasteiger partial charge in [-0.1, -0.05) is 11.2 Å². The molecule has 0 aliphatic rings. The van der Waals surface area contributed by atoms with Gasteiger partial charge >= 0.3 is 6.18 Å². The van der Waals surface area contributed by atoms with E-state index in [0.717, 1.165) is 12.5 Å². The normalized spacial score (nSPS) is 13.2. The number of nitrogens with zero attached hydrogens (tertiary/aromatic N) is 2. The van der Waals surface area contributed by atoms with Crippen LogP contribution in [0.1, 0.15) is 23.9 Å². The van der Waals surface area contributed by atoms with E-state index < -0.39 is 11.7 Å². The van der Waals surface area contributed by atoms with E-state index in [-0.39, 0.29) is 24.2 Å². The second-order valence-electron chi connectivity index (χ2n) is 4.65. The van der Waals surface area contributed by atoms with Crippen LogP contribution < -0.4 is 10.5 Å². The van der Waals surface area contributed by atoms with Crippen molar-refractivity contribution >= 4 is 0 Å². The molecule has 1 unspecified atom stereocenters. The Balaban J connectivity index is 2.22. The van der Waals surface area contributed by atoms with Gasteiger partial charge in [0.1, 0.15) is 5.75 Å². The number of aromatic nitrogens is 2. The highest BCUT2D eigenvalue weighted by Crippen LogP contribution is 2.37. The molecule has 0 fully saturated rings. The molecule has 1 atom stereocenters. The minimum Gasteiger partial charge on any atom is -0.485 e. The summed E-state index contributed by atoms with van der Waals surface area (Å²) in [6, 6.07) is 3.66. The average molecular weight is 301 g/mol. The van der Waals surface area contributed by atoms with Crippen LogP contribution in [0.15, 0.2) is 29.1 Å².